The summed E-state index contributed by atoms with van der Waals surface area (Å²) in [6, 6.07) is 15.5. The van der Waals surface area contributed by atoms with E-state index in [1.165, 1.54) is 36.4 Å². The van der Waals surface area contributed by atoms with Crippen LogP contribution in [0.5, 0.6) is 5.75 Å². The number of carbonyl (C=O) groups is 2. The molecule has 0 spiro atoms. The number of rotatable bonds is 4. The number of carbonyl (C=O) groups excluding carboxylic acids is 2. The summed E-state index contributed by atoms with van der Waals surface area (Å²) < 4.78 is 32.1. The lowest BCUT2D eigenvalue weighted by Gasteiger charge is -2.23. The lowest BCUT2D eigenvalue weighted by molar-refractivity contribution is 0.0514. The van der Waals surface area contributed by atoms with Crippen LogP contribution in [0, 0.1) is 17.6 Å². The lowest BCUT2D eigenvalue weighted by Crippen LogP contribution is -2.20. The Morgan fingerprint density at radius 1 is 0.875 bits per heavy atom. The number of hydrogen-bond acceptors (Lipinski definition) is 5. The molecule has 162 valence electrons. The number of hydrogen-bond donors (Lipinski definition) is 0. The first-order valence-electron chi connectivity index (χ1n) is 10.0. The molecule has 5 nitrogen and oxygen atoms in total. The molecule has 3 aromatic carbocycles. The number of fused-ring (bicyclic) bond motifs is 1. The first kappa shape index (κ1) is 21.4. The minimum Gasteiger partial charge on any atom is -0.423 e. The molecule has 0 aliphatic heterocycles. The van der Waals surface area contributed by atoms with E-state index in [0.29, 0.717) is 17.9 Å². The average Bonchev–Trinajstić information content (AvgIpc) is 2.77. The van der Waals surface area contributed by atoms with Gasteiger partial charge in [0.05, 0.1) is 16.8 Å². The van der Waals surface area contributed by atoms with E-state index in [-0.39, 0.29) is 17.0 Å². The van der Waals surface area contributed by atoms with Gasteiger partial charge >= 0.3 is 11.9 Å². The predicted molar refractivity (Wildman–Crippen MR) is 114 cm³/mol. The molecule has 0 heterocycles. The first-order valence-corrected chi connectivity index (χ1v) is 10.0. The third kappa shape index (κ3) is 4.88. The van der Waals surface area contributed by atoms with Gasteiger partial charge in [-0.3, -0.25) is 0 Å². The summed E-state index contributed by atoms with van der Waals surface area (Å²) in [6.07, 6.45) is 1.31. The Morgan fingerprint density at radius 3 is 2.19 bits per heavy atom. The second-order valence-corrected chi connectivity index (χ2v) is 7.66. The van der Waals surface area contributed by atoms with Gasteiger partial charge in [-0.05, 0) is 78.9 Å². The van der Waals surface area contributed by atoms with E-state index in [1.807, 2.05) is 6.92 Å². The van der Waals surface area contributed by atoms with Crippen LogP contribution in [0.1, 0.15) is 45.2 Å². The highest BCUT2D eigenvalue weighted by Gasteiger charge is 2.23. The molecule has 0 amide bonds. The molecule has 1 atom stereocenters. The fraction of sp³-hybridized carbons (Fsp3) is 0.160. The lowest BCUT2D eigenvalue weighted by atomic mass is 9.83. The molecule has 7 heteroatoms. The smallest absolute Gasteiger partial charge is 0.365 e. The summed E-state index contributed by atoms with van der Waals surface area (Å²) in [5.74, 6) is -1.94. The fourth-order valence-electron chi connectivity index (χ4n) is 3.60. The fourth-order valence-corrected chi connectivity index (χ4v) is 3.60. The van der Waals surface area contributed by atoms with E-state index in [2.05, 4.69) is 5.16 Å². The van der Waals surface area contributed by atoms with Crippen molar-refractivity contribution in [3.8, 4) is 5.75 Å². The van der Waals surface area contributed by atoms with Crippen LogP contribution in [0.15, 0.2) is 71.9 Å². The van der Waals surface area contributed by atoms with Gasteiger partial charge in [-0.15, -0.1) is 0 Å². The standard InChI is InChI=1S/C25H19F2NO4/c1-15-10-18-14-21(31-24(29)16-4-2-6-19(26)12-16)8-9-22(18)23(11-15)28-32-25(30)17-5-3-7-20(27)13-17/h2-9,12-15H,10-11H2,1H3/b28-23-/t15-/m0/s1. The van der Waals surface area contributed by atoms with Crippen molar-refractivity contribution in [1.29, 1.82) is 0 Å². The van der Waals surface area contributed by atoms with E-state index >= 15 is 0 Å². The minimum atomic E-state index is -0.752. The molecule has 1 aliphatic carbocycles. The number of oxime groups is 1. The van der Waals surface area contributed by atoms with Gasteiger partial charge in [0.25, 0.3) is 0 Å². The second kappa shape index (κ2) is 9.09. The molecular weight excluding hydrogens is 416 g/mol. The van der Waals surface area contributed by atoms with Crippen LogP contribution in [-0.4, -0.2) is 17.7 Å². The van der Waals surface area contributed by atoms with Gasteiger partial charge < -0.3 is 9.57 Å². The summed E-state index contributed by atoms with van der Waals surface area (Å²) >= 11 is 0. The van der Waals surface area contributed by atoms with Crippen LogP contribution in [0.4, 0.5) is 8.78 Å². The maximum atomic E-state index is 13.4. The molecule has 1 aliphatic rings. The molecule has 0 bridgehead atoms. The third-order valence-electron chi connectivity index (χ3n) is 5.07. The van der Waals surface area contributed by atoms with E-state index in [4.69, 9.17) is 9.57 Å². The van der Waals surface area contributed by atoms with Crippen molar-refractivity contribution in [2.75, 3.05) is 0 Å². The summed E-state index contributed by atoms with van der Waals surface area (Å²) in [4.78, 5) is 29.5. The van der Waals surface area contributed by atoms with Gasteiger partial charge in [-0.1, -0.05) is 24.2 Å². The van der Waals surface area contributed by atoms with E-state index in [9.17, 15) is 18.4 Å². The molecule has 0 saturated carbocycles. The Balaban J connectivity index is 1.53. The summed E-state index contributed by atoms with van der Waals surface area (Å²) in [7, 11) is 0. The summed E-state index contributed by atoms with van der Waals surface area (Å²) in [6.45, 7) is 2.03. The van der Waals surface area contributed by atoms with Crippen molar-refractivity contribution in [2.24, 2.45) is 11.1 Å². The zero-order valence-corrected chi connectivity index (χ0v) is 17.2. The summed E-state index contributed by atoms with van der Waals surface area (Å²) in [5, 5.41) is 4.02. The van der Waals surface area contributed by atoms with Crippen molar-refractivity contribution in [3.63, 3.8) is 0 Å². The average molecular weight is 435 g/mol. The Kier molecular flexibility index (Phi) is 6.07. The molecule has 3 aromatic rings. The monoisotopic (exact) mass is 435 g/mol. The molecule has 0 fully saturated rings. The Hall–Kier alpha value is -3.87. The number of ether oxygens (including phenoxy) is 1. The normalized spacial score (nSPS) is 16.3. The van der Waals surface area contributed by atoms with Crippen molar-refractivity contribution < 1.29 is 27.9 Å². The van der Waals surface area contributed by atoms with Gasteiger partial charge in [0, 0.05) is 5.56 Å². The predicted octanol–water partition coefficient (Wildman–Crippen LogP) is 5.33. The van der Waals surface area contributed by atoms with Crippen molar-refractivity contribution in [2.45, 2.75) is 19.8 Å². The molecule has 0 aromatic heterocycles. The van der Waals surface area contributed by atoms with Crippen LogP contribution in [0.2, 0.25) is 0 Å². The maximum Gasteiger partial charge on any atom is 0.365 e. The Bertz CT molecular complexity index is 1220. The third-order valence-corrected chi connectivity index (χ3v) is 5.07. The van der Waals surface area contributed by atoms with Crippen LogP contribution in [-0.2, 0) is 11.3 Å². The topological polar surface area (TPSA) is 65.0 Å². The molecule has 32 heavy (non-hydrogen) atoms. The van der Waals surface area contributed by atoms with Gasteiger partial charge in [0.2, 0.25) is 0 Å². The molecule has 0 saturated heterocycles. The largest absolute Gasteiger partial charge is 0.423 e. The SMILES string of the molecule is C[C@@H]1C/C(=N/OC(=O)c2cccc(F)c2)c2ccc(OC(=O)c3cccc(F)c3)cc2C1. The van der Waals surface area contributed by atoms with Crippen LogP contribution in [0.3, 0.4) is 0 Å². The quantitative estimate of drug-likeness (QED) is 0.241. The van der Waals surface area contributed by atoms with Crippen molar-refractivity contribution >= 4 is 17.7 Å². The van der Waals surface area contributed by atoms with Crippen LogP contribution in [0.25, 0.3) is 0 Å². The van der Waals surface area contributed by atoms with E-state index in [1.54, 1.807) is 18.2 Å². The zero-order valence-electron chi connectivity index (χ0n) is 17.2. The number of nitrogens with zero attached hydrogens (tertiary/aromatic N) is 1. The molecule has 0 radical (unpaired) electrons. The first-order chi connectivity index (χ1) is 15.4. The van der Waals surface area contributed by atoms with Gasteiger partial charge in [0.15, 0.2) is 0 Å². The molecule has 4 rings (SSSR count). The summed E-state index contributed by atoms with van der Waals surface area (Å²) in [5.41, 5.74) is 2.42. The number of halogens is 2. The minimum absolute atomic E-state index is 0.0676. The number of esters is 1. The highest BCUT2D eigenvalue weighted by molar-refractivity contribution is 6.03. The van der Waals surface area contributed by atoms with Crippen LogP contribution >= 0.6 is 0 Å². The van der Waals surface area contributed by atoms with Gasteiger partial charge in [-0.25, -0.2) is 18.4 Å². The number of benzene rings is 3. The van der Waals surface area contributed by atoms with Gasteiger partial charge in [-0.2, -0.15) is 0 Å². The highest BCUT2D eigenvalue weighted by atomic mass is 19.1. The van der Waals surface area contributed by atoms with Crippen LogP contribution < -0.4 is 4.74 Å². The Labute approximate surface area is 183 Å². The van der Waals surface area contributed by atoms with E-state index < -0.39 is 23.6 Å². The molecule has 0 unspecified atom stereocenters. The molecule has 0 N–H and O–H groups in total. The van der Waals surface area contributed by atoms with E-state index in [0.717, 1.165) is 29.7 Å². The maximum absolute atomic E-state index is 13.4. The Morgan fingerprint density at radius 2 is 1.53 bits per heavy atom. The highest BCUT2D eigenvalue weighted by Crippen LogP contribution is 2.29. The van der Waals surface area contributed by atoms with Gasteiger partial charge in [0.1, 0.15) is 17.4 Å². The van der Waals surface area contributed by atoms with Crippen molar-refractivity contribution in [3.05, 3.63) is 101 Å². The molecular formula is C25H19F2NO4. The zero-order chi connectivity index (χ0) is 22.7. The second-order valence-electron chi connectivity index (χ2n) is 7.66. The van der Waals surface area contributed by atoms with Crippen molar-refractivity contribution in [1.82, 2.24) is 0 Å².